The average molecular weight is 1710 g/mol. The van der Waals surface area contributed by atoms with Crippen molar-refractivity contribution < 1.29 is 124 Å². The fourth-order valence-corrected chi connectivity index (χ4v) is 15.2. The highest BCUT2D eigenvalue weighted by molar-refractivity contribution is 5.84. The number of ether oxygens (including phenoxy) is 17. The lowest BCUT2D eigenvalue weighted by molar-refractivity contribution is -0.395. The van der Waals surface area contributed by atoms with Crippen molar-refractivity contribution >= 4 is 47.6 Å². The van der Waals surface area contributed by atoms with E-state index in [0.717, 1.165) is 78.5 Å². The van der Waals surface area contributed by atoms with Gasteiger partial charge in [0.05, 0.1) is 72.4 Å². The molecule has 123 heavy (non-hydrogen) atoms. The molecule has 3 N–H and O–H groups in total. The zero-order valence-electron chi connectivity index (χ0n) is 71.8. The van der Waals surface area contributed by atoms with Gasteiger partial charge in [0.2, 0.25) is 11.8 Å². The van der Waals surface area contributed by atoms with Crippen LogP contribution in [0.4, 0.5) is 0 Å². The first-order valence-corrected chi connectivity index (χ1v) is 43.0. The molecular formula is C95H124N2O26. The maximum atomic E-state index is 15.5. The van der Waals surface area contributed by atoms with E-state index in [1.807, 2.05) is 152 Å². The highest BCUT2D eigenvalue weighted by atomic mass is 16.8. The van der Waals surface area contributed by atoms with Gasteiger partial charge in [0.1, 0.15) is 74.3 Å². The molecule has 3 aliphatic heterocycles. The smallest absolute Gasteiger partial charge is 0.366 e. The van der Waals surface area contributed by atoms with Crippen molar-refractivity contribution in [2.45, 2.75) is 294 Å². The third-order valence-corrected chi connectivity index (χ3v) is 21.2. The maximum absolute atomic E-state index is 15.5. The predicted molar refractivity (Wildman–Crippen MR) is 449 cm³/mol. The summed E-state index contributed by atoms with van der Waals surface area (Å²) in [6, 6.07) is 52.0. The minimum atomic E-state index is -2.98. The largest absolute Gasteiger partial charge is 0.465 e. The number of aliphatic hydroxyl groups is 1. The highest BCUT2D eigenvalue weighted by Gasteiger charge is 2.63. The SMILES string of the molecule is CCCCCCCCCCCCCCCCCC(=O)N[C@@H](CO[C@@H]1O[C@H](COCc2ccccc2)[C@@H](O[C@@H]2O[C@H](COCc3ccccc3)[C@H](O)[C@H](O[C@]3(C(=O)OC)C[C@H](OC(C)=O)[C@@H](NC(C)=O)[C@H]([C@H](OC(C)=O)[C@@H](COC(C)=O)OC(C)=O)O3)[C@H]2OCc2ccccc2)[C@H](OCc2ccccc2)[C@H]1OCc1ccccc1)C(=O)OCc1ccccc1. The summed E-state index contributed by atoms with van der Waals surface area (Å²) in [6.07, 6.45) is -7.00. The van der Waals surface area contributed by atoms with Gasteiger partial charge in [-0.2, -0.15) is 0 Å². The van der Waals surface area contributed by atoms with Gasteiger partial charge < -0.3 is 96.3 Å². The summed E-state index contributed by atoms with van der Waals surface area (Å²) < 4.78 is 112. The molecule has 3 aliphatic rings. The van der Waals surface area contributed by atoms with Crippen LogP contribution in [0.15, 0.2) is 182 Å². The Labute approximate surface area is 721 Å². The molecule has 3 heterocycles. The minimum absolute atomic E-state index is 0.0262. The van der Waals surface area contributed by atoms with Crippen LogP contribution in [-0.2, 0) is 159 Å². The van der Waals surface area contributed by atoms with Gasteiger partial charge in [-0.05, 0) is 39.8 Å². The molecule has 28 heteroatoms. The molecule has 0 saturated carbocycles. The zero-order valence-corrected chi connectivity index (χ0v) is 71.8. The number of hydrogen-bond donors (Lipinski definition) is 3. The molecule has 3 fully saturated rings. The molecule has 6 aromatic carbocycles. The molecule has 0 aliphatic carbocycles. The lowest BCUT2D eigenvalue weighted by Gasteiger charge is -2.52. The van der Waals surface area contributed by atoms with E-state index in [2.05, 4.69) is 17.6 Å². The van der Waals surface area contributed by atoms with Gasteiger partial charge in [-0.25, -0.2) is 9.59 Å². The summed E-state index contributed by atoms with van der Waals surface area (Å²) in [5.74, 6) is -10.1. The molecule has 9 rings (SSSR count). The minimum Gasteiger partial charge on any atom is -0.465 e. The summed E-state index contributed by atoms with van der Waals surface area (Å²) in [5.41, 5.74) is 4.21. The van der Waals surface area contributed by atoms with Crippen LogP contribution >= 0.6 is 0 Å². The number of aliphatic hydroxyl groups excluding tert-OH is 1. The van der Waals surface area contributed by atoms with Crippen LogP contribution in [0, 0.1) is 0 Å². The number of nitrogens with one attached hydrogen (secondary N) is 2. The Morgan fingerprint density at radius 3 is 1.36 bits per heavy atom. The number of methoxy groups -OCH3 is 1. The van der Waals surface area contributed by atoms with Crippen LogP contribution in [0.5, 0.6) is 0 Å². The molecule has 0 bridgehead atoms. The first-order valence-electron chi connectivity index (χ1n) is 43.0. The summed E-state index contributed by atoms with van der Waals surface area (Å²) in [7, 11) is 0.997. The first-order chi connectivity index (χ1) is 59.7. The quantitative estimate of drug-likeness (QED) is 0.0181. The Balaban J connectivity index is 1.14. The van der Waals surface area contributed by atoms with E-state index in [-0.39, 0.29) is 52.7 Å². The summed E-state index contributed by atoms with van der Waals surface area (Å²) in [6.45, 7) is 4.87. The Kier molecular flexibility index (Phi) is 42.0. The van der Waals surface area contributed by atoms with Crippen LogP contribution in [-0.4, -0.2) is 190 Å². The maximum Gasteiger partial charge on any atom is 0.366 e. The summed E-state index contributed by atoms with van der Waals surface area (Å²) in [5, 5.41) is 19.1. The first kappa shape index (κ1) is 97.4. The van der Waals surface area contributed by atoms with E-state index in [0.29, 0.717) is 28.7 Å². The number of hydrogen-bond acceptors (Lipinski definition) is 26. The lowest BCUT2D eigenvalue weighted by atomic mass is 9.87. The van der Waals surface area contributed by atoms with Gasteiger partial charge in [-0.1, -0.05) is 279 Å². The molecule has 670 valence electrons. The molecule has 0 aromatic heterocycles. The Hall–Kier alpha value is -9.40. The van der Waals surface area contributed by atoms with Crippen molar-refractivity contribution in [3.05, 3.63) is 215 Å². The zero-order chi connectivity index (χ0) is 87.6. The topological polar surface area (TPSA) is 338 Å². The van der Waals surface area contributed by atoms with E-state index in [9.17, 15) is 38.7 Å². The molecule has 28 nitrogen and oxygen atoms in total. The standard InChI is InChI=1S/C95H124N2O26/c1-8-9-10-11-12-13-14-15-16-17-18-19-20-21-40-53-81(103)97-76(91(105)114-60-75-51-38-27-39-52-75)61-115-92-90(113-59-74-49-36-26-37-50-74)88(111-57-72-45-32-24-33-46-72)85(79(120-92)63-109-56-71-43-30-23-31-44-71)121-93-89(112-58-73-47-34-25-35-48-73)87(83(104)78(119-93)62-108-55-70-41-28-22-29-42-70)123-95(94(106)107-7)54-77(116-67(4)100)82(96-65(2)98)86(122-95)84(118-69(6)102)80(117-68(5)101)64-110-66(3)99/h22-39,41-52,76-80,82-90,92-93,104H,8-21,40,53-64H2,1-7H3,(H,96,98)(H,97,103)/t76-,77-,78+,79+,80+,82+,83-,84+,85+,86+,87-,88-,89+,90+,92+,93-,95-/m0/s1. The Bertz CT molecular complexity index is 4080. The van der Waals surface area contributed by atoms with Crippen LogP contribution in [0.3, 0.4) is 0 Å². The molecule has 2 amide bonds. The van der Waals surface area contributed by atoms with Crippen LogP contribution in [0.25, 0.3) is 0 Å². The summed E-state index contributed by atoms with van der Waals surface area (Å²) >= 11 is 0. The molecule has 0 radical (unpaired) electrons. The number of rotatable bonds is 53. The van der Waals surface area contributed by atoms with Gasteiger partial charge in [0, 0.05) is 41.0 Å². The van der Waals surface area contributed by atoms with Crippen molar-refractivity contribution in [1.29, 1.82) is 0 Å². The van der Waals surface area contributed by atoms with Crippen molar-refractivity contribution in [3.8, 4) is 0 Å². The monoisotopic (exact) mass is 1710 g/mol. The van der Waals surface area contributed by atoms with E-state index < -0.39 is 178 Å². The van der Waals surface area contributed by atoms with E-state index in [4.69, 9.17) is 80.5 Å². The third-order valence-electron chi connectivity index (χ3n) is 21.2. The van der Waals surface area contributed by atoms with E-state index in [1.54, 1.807) is 30.3 Å². The fourth-order valence-electron chi connectivity index (χ4n) is 15.2. The second-order valence-corrected chi connectivity index (χ2v) is 31.2. The third kappa shape index (κ3) is 32.9. The van der Waals surface area contributed by atoms with Gasteiger partial charge in [0.25, 0.3) is 5.79 Å². The molecule has 17 atom stereocenters. The predicted octanol–water partition coefficient (Wildman–Crippen LogP) is 12.8. The van der Waals surface area contributed by atoms with Crippen molar-refractivity contribution in [2.75, 3.05) is 33.5 Å². The normalized spacial score (nSPS) is 23.2. The van der Waals surface area contributed by atoms with Crippen molar-refractivity contribution in [1.82, 2.24) is 10.6 Å². The molecule has 0 unspecified atom stereocenters. The fraction of sp³-hybridized carbons (Fsp3) is 0.537. The van der Waals surface area contributed by atoms with Crippen LogP contribution < -0.4 is 10.6 Å². The number of carbonyl (C=O) groups is 8. The van der Waals surface area contributed by atoms with Crippen LogP contribution in [0.2, 0.25) is 0 Å². The van der Waals surface area contributed by atoms with E-state index >= 15 is 4.79 Å². The average Bonchev–Trinajstić information content (AvgIpc) is 0.739. The number of esters is 6. The second kappa shape index (κ2) is 53.0. The van der Waals surface area contributed by atoms with Gasteiger partial charge in [-0.3, -0.25) is 28.8 Å². The number of amides is 2. The molecule has 3 saturated heterocycles. The molecular weight excluding hydrogens is 1590 g/mol. The Morgan fingerprint density at radius 2 is 0.902 bits per heavy atom. The Morgan fingerprint density at radius 1 is 0.463 bits per heavy atom. The van der Waals surface area contributed by atoms with Crippen molar-refractivity contribution in [2.24, 2.45) is 0 Å². The van der Waals surface area contributed by atoms with Crippen LogP contribution in [0.1, 0.15) is 184 Å². The molecule has 6 aromatic rings. The van der Waals surface area contributed by atoms with E-state index in [1.165, 1.54) is 64.2 Å². The van der Waals surface area contributed by atoms with Crippen molar-refractivity contribution in [3.63, 3.8) is 0 Å². The lowest BCUT2D eigenvalue weighted by Crippen LogP contribution is -2.72. The number of carbonyl (C=O) groups excluding carboxylic acids is 8. The highest BCUT2D eigenvalue weighted by Crippen LogP contribution is 2.43. The number of benzene rings is 6. The van der Waals surface area contributed by atoms with Gasteiger partial charge >= 0.3 is 35.8 Å². The molecule has 0 spiro atoms. The summed E-state index contributed by atoms with van der Waals surface area (Å²) in [4.78, 5) is 111. The van der Waals surface area contributed by atoms with Gasteiger partial charge in [-0.15, -0.1) is 0 Å². The number of unbranched alkanes of at least 4 members (excludes halogenated alkanes) is 14. The second-order valence-electron chi connectivity index (χ2n) is 31.2. The van der Waals surface area contributed by atoms with Gasteiger partial charge in [0.15, 0.2) is 30.8 Å².